The van der Waals surface area contributed by atoms with E-state index in [1.54, 1.807) is 6.20 Å². The van der Waals surface area contributed by atoms with Crippen LogP contribution in [-0.2, 0) is 0 Å². The summed E-state index contributed by atoms with van der Waals surface area (Å²) in [5.74, 6) is 0.913. The van der Waals surface area contributed by atoms with Gasteiger partial charge in [0.25, 0.3) is 5.91 Å². The molecule has 1 fully saturated rings. The molecule has 4 aromatic rings. The second-order valence-electron chi connectivity index (χ2n) is 7.29. The molecule has 1 amide bonds. The summed E-state index contributed by atoms with van der Waals surface area (Å²) in [7, 11) is 0. The molecule has 5 rings (SSSR count). The van der Waals surface area contributed by atoms with Gasteiger partial charge in [-0.1, -0.05) is 6.07 Å². The Bertz CT molecular complexity index is 1170. The van der Waals surface area contributed by atoms with Crippen LogP contribution in [0.1, 0.15) is 41.7 Å². The van der Waals surface area contributed by atoms with Crippen molar-refractivity contribution in [2.75, 3.05) is 5.32 Å². The zero-order chi connectivity index (χ0) is 19.1. The van der Waals surface area contributed by atoms with Crippen LogP contribution in [0.3, 0.4) is 0 Å². The van der Waals surface area contributed by atoms with Crippen molar-refractivity contribution >= 4 is 28.5 Å². The maximum absolute atomic E-state index is 12.6. The molecule has 1 aliphatic carbocycles. The molecule has 0 aliphatic heterocycles. The zero-order valence-corrected chi connectivity index (χ0v) is 15.6. The SMILES string of the molecule is Cc1cccn2cc(C(=O)Nc3nc4cc(OC5CCCC5)ccc4[nH]3)nc12. The van der Waals surface area contributed by atoms with Crippen LogP contribution in [0.2, 0.25) is 0 Å². The number of nitrogens with one attached hydrogen (secondary N) is 2. The number of amides is 1. The lowest BCUT2D eigenvalue weighted by Crippen LogP contribution is -2.13. The molecule has 0 unspecified atom stereocenters. The van der Waals surface area contributed by atoms with Crippen molar-refractivity contribution < 1.29 is 9.53 Å². The number of anilines is 1. The fraction of sp³-hybridized carbons (Fsp3) is 0.286. The van der Waals surface area contributed by atoms with Gasteiger partial charge in [-0.15, -0.1) is 0 Å². The molecule has 142 valence electrons. The number of aromatic amines is 1. The van der Waals surface area contributed by atoms with E-state index >= 15 is 0 Å². The molecule has 0 radical (unpaired) electrons. The largest absolute Gasteiger partial charge is 0.490 e. The standard InChI is InChI=1S/C21H21N5O2/c1-13-5-4-10-26-12-18(22-19(13)26)20(27)25-21-23-16-9-8-15(11-17(16)24-21)28-14-6-2-3-7-14/h4-5,8-12,14H,2-3,6-7H2,1H3,(H2,23,24,25,27). The monoisotopic (exact) mass is 375 g/mol. The Morgan fingerprint density at radius 1 is 1.25 bits per heavy atom. The number of rotatable bonds is 4. The number of hydrogen-bond donors (Lipinski definition) is 2. The van der Waals surface area contributed by atoms with Gasteiger partial charge in [-0.25, -0.2) is 9.97 Å². The van der Waals surface area contributed by atoms with E-state index in [4.69, 9.17) is 4.74 Å². The summed E-state index contributed by atoms with van der Waals surface area (Å²) < 4.78 is 7.88. The third-order valence-corrected chi connectivity index (χ3v) is 5.20. The van der Waals surface area contributed by atoms with Crippen LogP contribution >= 0.6 is 0 Å². The maximum atomic E-state index is 12.6. The molecule has 7 nitrogen and oxygen atoms in total. The Hall–Kier alpha value is -3.35. The first-order valence-electron chi connectivity index (χ1n) is 9.58. The van der Waals surface area contributed by atoms with Crippen molar-refractivity contribution in [1.82, 2.24) is 19.4 Å². The number of benzene rings is 1. The second kappa shape index (κ2) is 6.67. The van der Waals surface area contributed by atoms with Gasteiger partial charge in [0.05, 0.1) is 17.1 Å². The summed E-state index contributed by atoms with van der Waals surface area (Å²) in [5.41, 5.74) is 3.74. The average Bonchev–Trinajstić information content (AvgIpc) is 3.40. The van der Waals surface area contributed by atoms with Crippen molar-refractivity contribution in [2.45, 2.75) is 38.7 Å². The highest BCUT2D eigenvalue weighted by atomic mass is 16.5. The highest BCUT2D eigenvalue weighted by Gasteiger charge is 2.17. The van der Waals surface area contributed by atoms with Gasteiger partial charge < -0.3 is 14.1 Å². The van der Waals surface area contributed by atoms with Crippen LogP contribution in [0.4, 0.5) is 5.95 Å². The molecule has 0 bridgehead atoms. The first-order chi connectivity index (χ1) is 13.7. The van der Waals surface area contributed by atoms with E-state index in [1.165, 1.54) is 12.8 Å². The molecule has 0 atom stereocenters. The number of imidazole rings is 2. The normalized spacial score (nSPS) is 14.8. The first kappa shape index (κ1) is 16.8. The van der Waals surface area contributed by atoms with Gasteiger partial charge in [0.1, 0.15) is 17.1 Å². The van der Waals surface area contributed by atoms with E-state index in [-0.39, 0.29) is 5.91 Å². The summed E-state index contributed by atoms with van der Waals surface area (Å²) in [5, 5.41) is 2.80. The lowest BCUT2D eigenvalue weighted by Gasteiger charge is -2.12. The smallest absolute Gasteiger partial charge is 0.278 e. The average molecular weight is 375 g/mol. The molecule has 2 N–H and O–H groups in total. The molecular weight excluding hydrogens is 354 g/mol. The highest BCUT2D eigenvalue weighted by molar-refractivity contribution is 6.03. The molecule has 7 heteroatoms. The summed E-state index contributed by atoms with van der Waals surface area (Å²) in [6, 6.07) is 9.67. The Morgan fingerprint density at radius 2 is 2.11 bits per heavy atom. The topological polar surface area (TPSA) is 84.3 Å². The number of H-pyrrole nitrogens is 1. The van der Waals surface area contributed by atoms with Crippen LogP contribution in [0.25, 0.3) is 16.7 Å². The number of hydrogen-bond acceptors (Lipinski definition) is 4. The van der Waals surface area contributed by atoms with E-state index in [2.05, 4.69) is 20.3 Å². The molecular formula is C21H21N5O2. The minimum Gasteiger partial charge on any atom is -0.490 e. The van der Waals surface area contributed by atoms with E-state index in [0.717, 1.165) is 40.8 Å². The predicted octanol–water partition coefficient (Wildman–Crippen LogP) is 4.09. The molecule has 3 aromatic heterocycles. The molecule has 0 saturated heterocycles. The zero-order valence-electron chi connectivity index (χ0n) is 15.6. The van der Waals surface area contributed by atoms with Gasteiger partial charge in [0.2, 0.25) is 5.95 Å². The molecule has 3 heterocycles. The molecule has 1 saturated carbocycles. The molecule has 0 spiro atoms. The van der Waals surface area contributed by atoms with Crippen molar-refractivity contribution in [3.63, 3.8) is 0 Å². The van der Waals surface area contributed by atoms with Crippen LogP contribution in [0.5, 0.6) is 5.75 Å². The number of nitrogens with zero attached hydrogens (tertiary/aromatic N) is 3. The molecule has 1 aliphatic rings. The number of aryl methyl sites for hydroxylation is 1. The van der Waals surface area contributed by atoms with Gasteiger partial charge in [-0.3, -0.25) is 10.1 Å². The first-order valence-corrected chi connectivity index (χ1v) is 9.58. The number of fused-ring (bicyclic) bond motifs is 2. The van der Waals surface area contributed by atoms with Crippen molar-refractivity contribution in [3.05, 3.63) is 54.0 Å². The van der Waals surface area contributed by atoms with E-state index in [0.29, 0.717) is 17.7 Å². The van der Waals surface area contributed by atoms with E-state index in [9.17, 15) is 4.79 Å². The lowest BCUT2D eigenvalue weighted by atomic mass is 10.3. The van der Waals surface area contributed by atoms with E-state index in [1.807, 2.05) is 47.9 Å². The van der Waals surface area contributed by atoms with Gasteiger partial charge in [-0.05, 0) is 56.4 Å². The number of ether oxygens (including phenoxy) is 1. The lowest BCUT2D eigenvalue weighted by molar-refractivity contribution is 0.102. The Labute approximate surface area is 161 Å². The maximum Gasteiger partial charge on any atom is 0.278 e. The second-order valence-corrected chi connectivity index (χ2v) is 7.29. The highest BCUT2D eigenvalue weighted by Crippen LogP contribution is 2.26. The predicted molar refractivity (Wildman–Crippen MR) is 107 cm³/mol. The van der Waals surface area contributed by atoms with Crippen molar-refractivity contribution in [3.8, 4) is 5.75 Å². The molecule has 28 heavy (non-hydrogen) atoms. The van der Waals surface area contributed by atoms with Crippen LogP contribution in [0, 0.1) is 6.92 Å². The van der Waals surface area contributed by atoms with Crippen LogP contribution < -0.4 is 10.1 Å². The minimum absolute atomic E-state index is 0.300. The number of carbonyl (C=O) groups excluding carboxylic acids is 1. The Morgan fingerprint density at radius 3 is 2.93 bits per heavy atom. The summed E-state index contributed by atoms with van der Waals surface area (Å²) >= 11 is 0. The van der Waals surface area contributed by atoms with Crippen molar-refractivity contribution in [1.29, 1.82) is 0 Å². The molecule has 1 aromatic carbocycles. The quantitative estimate of drug-likeness (QED) is 0.563. The minimum atomic E-state index is -0.301. The third-order valence-electron chi connectivity index (χ3n) is 5.20. The van der Waals surface area contributed by atoms with Gasteiger partial charge in [0.15, 0.2) is 0 Å². The Kier molecular flexibility index (Phi) is 4.00. The summed E-state index contributed by atoms with van der Waals surface area (Å²) in [4.78, 5) is 24.6. The van der Waals surface area contributed by atoms with Crippen LogP contribution in [-0.4, -0.2) is 31.4 Å². The van der Waals surface area contributed by atoms with Gasteiger partial charge in [0, 0.05) is 18.5 Å². The fourth-order valence-corrected chi connectivity index (χ4v) is 3.75. The van der Waals surface area contributed by atoms with Crippen molar-refractivity contribution in [2.24, 2.45) is 0 Å². The summed E-state index contributed by atoms with van der Waals surface area (Å²) in [6.45, 7) is 1.97. The fourth-order valence-electron chi connectivity index (χ4n) is 3.75. The van der Waals surface area contributed by atoms with E-state index < -0.39 is 0 Å². The summed E-state index contributed by atoms with van der Waals surface area (Å²) in [6.07, 6.45) is 8.57. The Balaban J connectivity index is 1.36. The van der Waals surface area contributed by atoms with Crippen LogP contribution in [0.15, 0.2) is 42.7 Å². The van der Waals surface area contributed by atoms with Gasteiger partial charge >= 0.3 is 0 Å². The number of carbonyl (C=O) groups is 1. The van der Waals surface area contributed by atoms with Gasteiger partial charge in [-0.2, -0.15) is 0 Å². The number of aromatic nitrogens is 4. The number of pyridine rings is 1. The third kappa shape index (κ3) is 3.09.